The van der Waals surface area contributed by atoms with Gasteiger partial charge in [-0.2, -0.15) is 0 Å². The molecule has 0 rings (SSSR count). The zero-order valence-corrected chi connectivity index (χ0v) is 3.80. The summed E-state index contributed by atoms with van der Waals surface area (Å²) in [6.45, 7) is 0. The highest BCUT2D eigenvalue weighted by Gasteiger charge is 1.37. The topological polar surface area (TPSA) is 35.9 Å². The molecule has 0 atom stereocenters. The molecule has 0 aromatic heterocycles. The van der Waals surface area contributed by atoms with Gasteiger partial charge >= 0.3 is 0 Å². The lowest BCUT2D eigenvalue weighted by molar-refractivity contribution is 1.19. The van der Waals surface area contributed by atoms with Crippen LogP contribution in [0.1, 0.15) is 0 Å². The Labute approximate surface area is 37.5 Å². The molecule has 0 unspecified atom stereocenters. The van der Waals surface area contributed by atoms with Gasteiger partial charge in [-0.25, -0.2) is 0 Å². The van der Waals surface area contributed by atoms with Gasteiger partial charge in [-0.3, -0.25) is 5.41 Å². The van der Waals surface area contributed by atoms with Crippen molar-refractivity contribution in [2.24, 2.45) is 0 Å². The van der Waals surface area contributed by atoms with E-state index in [2.05, 4.69) is 5.32 Å². The molecule has 0 aliphatic heterocycles. The second-order valence-electron chi connectivity index (χ2n) is 0.433. The summed E-state index contributed by atoms with van der Waals surface area (Å²) in [5, 5.41) is 8.69. The molecule has 0 radical (unpaired) electrons. The van der Waals surface area contributed by atoms with Crippen LogP contribution >= 0.6 is 12.4 Å². The number of halogens is 1. The molecule has 3 heteroatoms. The third-order valence-corrected chi connectivity index (χ3v) is 0.144. The second kappa shape index (κ2) is 9.25. The zero-order valence-electron chi connectivity index (χ0n) is 2.99. The van der Waals surface area contributed by atoms with Gasteiger partial charge in [-0.1, -0.05) is 0 Å². The van der Waals surface area contributed by atoms with Crippen LogP contribution in [0.3, 0.4) is 0 Å². The van der Waals surface area contributed by atoms with E-state index in [0.717, 1.165) is 6.34 Å². The van der Waals surface area contributed by atoms with E-state index in [4.69, 9.17) is 5.41 Å². The lowest BCUT2D eigenvalue weighted by atomic mass is 11.2. The fourth-order valence-corrected chi connectivity index (χ4v) is 0. The van der Waals surface area contributed by atoms with Crippen LogP contribution in [-0.4, -0.2) is 13.4 Å². The van der Waals surface area contributed by atoms with E-state index >= 15 is 0 Å². The highest BCUT2D eigenvalue weighted by molar-refractivity contribution is 5.85. The van der Waals surface area contributed by atoms with Gasteiger partial charge in [0.05, 0.1) is 6.34 Å². The summed E-state index contributed by atoms with van der Waals surface area (Å²) in [7, 11) is 1.69. The van der Waals surface area contributed by atoms with Crippen molar-refractivity contribution in [3.63, 3.8) is 0 Å². The van der Waals surface area contributed by atoms with Gasteiger partial charge in [0.1, 0.15) is 0 Å². The van der Waals surface area contributed by atoms with Crippen LogP contribution in [0.2, 0.25) is 0 Å². The van der Waals surface area contributed by atoms with Crippen molar-refractivity contribution in [2.75, 3.05) is 7.05 Å². The third-order valence-electron chi connectivity index (χ3n) is 0.144. The minimum Gasteiger partial charge on any atom is -0.380 e. The largest absolute Gasteiger partial charge is 0.380 e. The summed E-state index contributed by atoms with van der Waals surface area (Å²) in [6, 6.07) is 0. The van der Waals surface area contributed by atoms with Crippen LogP contribution in [0.15, 0.2) is 0 Å². The average Bonchev–Trinajstić information content (AvgIpc) is 1.37. The normalized spacial score (nSPS) is 4.20. The van der Waals surface area contributed by atoms with Gasteiger partial charge < -0.3 is 5.32 Å². The van der Waals surface area contributed by atoms with Crippen LogP contribution in [0.25, 0.3) is 0 Å². The maximum Gasteiger partial charge on any atom is 0.0788 e. The summed E-state index contributed by atoms with van der Waals surface area (Å²) in [5.74, 6) is 0. The number of rotatable bonds is 1. The van der Waals surface area contributed by atoms with Crippen molar-refractivity contribution in [1.29, 1.82) is 5.41 Å². The van der Waals surface area contributed by atoms with E-state index in [-0.39, 0.29) is 12.4 Å². The molecule has 0 saturated heterocycles. The molecule has 0 heterocycles. The highest BCUT2D eigenvalue weighted by atomic mass is 35.5. The summed E-state index contributed by atoms with van der Waals surface area (Å²) in [4.78, 5) is 0. The Morgan fingerprint density at radius 2 is 2.00 bits per heavy atom. The molecule has 0 aromatic rings. The molecular weight excluding hydrogens is 87.5 g/mol. The van der Waals surface area contributed by atoms with Crippen LogP contribution < -0.4 is 5.32 Å². The van der Waals surface area contributed by atoms with E-state index < -0.39 is 0 Å². The van der Waals surface area contributed by atoms with Crippen molar-refractivity contribution < 1.29 is 0 Å². The Morgan fingerprint density at radius 3 is 2.00 bits per heavy atom. The van der Waals surface area contributed by atoms with Gasteiger partial charge in [-0.05, 0) is 0 Å². The van der Waals surface area contributed by atoms with E-state index in [0.29, 0.717) is 0 Å². The average molecular weight is 94.5 g/mol. The van der Waals surface area contributed by atoms with Crippen molar-refractivity contribution >= 4 is 18.7 Å². The molecule has 0 amide bonds. The van der Waals surface area contributed by atoms with Crippen LogP contribution in [0.5, 0.6) is 0 Å². The molecular formula is C2H7ClN2. The molecule has 0 spiro atoms. The minimum atomic E-state index is 0. The summed E-state index contributed by atoms with van der Waals surface area (Å²) in [5.41, 5.74) is 0. The Morgan fingerprint density at radius 1 is 1.80 bits per heavy atom. The van der Waals surface area contributed by atoms with Gasteiger partial charge in [-0.15, -0.1) is 12.4 Å². The zero-order chi connectivity index (χ0) is 3.41. The SMILES string of the molecule is CNC=N.Cl. The molecule has 32 valence electrons. The Balaban J connectivity index is 0. The Hall–Kier alpha value is -0.240. The first-order valence-corrected chi connectivity index (χ1v) is 1.08. The van der Waals surface area contributed by atoms with E-state index in [1.165, 1.54) is 0 Å². The molecule has 0 aromatic carbocycles. The molecule has 0 fully saturated rings. The van der Waals surface area contributed by atoms with Gasteiger partial charge in [0, 0.05) is 7.05 Å². The second-order valence-corrected chi connectivity index (χ2v) is 0.433. The lowest BCUT2D eigenvalue weighted by Crippen LogP contribution is -1.97. The van der Waals surface area contributed by atoms with Crippen molar-refractivity contribution in [1.82, 2.24) is 5.32 Å². The molecule has 0 bridgehead atoms. The van der Waals surface area contributed by atoms with Gasteiger partial charge in [0.15, 0.2) is 0 Å². The Bertz CT molecular complexity index is 21.6. The molecule has 5 heavy (non-hydrogen) atoms. The van der Waals surface area contributed by atoms with Crippen molar-refractivity contribution in [3.8, 4) is 0 Å². The van der Waals surface area contributed by atoms with E-state index in [1.807, 2.05) is 0 Å². The highest BCUT2D eigenvalue weighted by Crippen LogP contribution is 1.13. The smallest absolute Gasteiger partial charge is 0.0788 e. The fourth-order valence-electron chi connectivity index (χ4n) is 0. The van der Waals surface area contributed by atoms with Gasteiger partial charge in [0.2, 0.25) is 0 Å². The first-order valence-electron chi connectivity index (χ1n) is 1.08. The maximum atomic E-state index is 6.22. The first-order chi connectivity index (χ1) is 1.91. The van der Waals surface area contributed by atoms with Gasteiger partial charge in [0.25, 0.3) is 0 Å². The monoisotopic (exact) mass is 94.0 g/mol. The lowest BCUT2D eigenvalue weighted by Gasteiger charge is -1.68. The molecule has 0 aliphatic rings. The predicted molar refractivity (Wildman–Crippen MR) is 25.1 cm³/mol. The van der Waals surface area contributed by atoms with E-state index in [9.17, 15) is 0 Å². The standard InChI is InChI=1S/C2H6N2.ClH/c1-4-2-3;/h2H,1H3,(H2,3,4);1H. The van der Waals surface area contributed by atoms with E-state index in [1.54, 1.807) is 7.05 Å². The Kier molecular flexibility index (Phi) is 16.3. The fraction of sp³-hybridized carbons (Fsp3) is 0.500. The molecule has 0 saturated carbocycles. The maximum absolute atomic E-state index is 6.22. The first kappa shape index (κ1) is 8.83. The number of hydrogen-bond donors (Lipinski definition) is 2. The van der Waals surface area contributed by atoms with Crippen molar-refractivity contribution in [2.45, 2.75) is 0 Å². The third kappa shape index (κ3) is 20.2. The minimum absolute atomic E-state index is 0. The number of nitrogens with one attached hydrogen (secondary N) is 2. The number of hydrogen-bond acceptors (Lipinski definition) is 1. The molecule has 2 nitrogen and oxygen atoms in total. The molecule has 0 aliphatic carbocycles. The van der Waals surface area contributed by atoms with Crippen LogP contribution in [0.4, 0.5) is 0 Å². The predicted octanol–water partition coefficient (Wildman–Crippen LogP) is 0.235. The molecule has 2 N–H and O–H groups in total. The summed E-state index contributed by atoms with van der Waals surface area (Å²) in [6.07, 6.45) is 1.12. The summed E-state index contributed by atoms with van der Waals surface area (Å²) >= 11 is 0. The van der Waals surface area contributed by atoms with Crippen molar-refractivity contribution in [3.05, 3.63) is 0 Å². The van der Waals surface area contributed by atoms with Crippen LogP contribution in [-0.2, 0) is 0 Å². The quantitative estimate of drug-likeness (QED) is 0.354. The summed E-state index contributed by atoms with van der Waals surface area (Å²) < 4.78 is 0. The van der Waals surface area contributed by atoms with Crippen LogP contribution in [0, 0.1) is 5.41 Å².